The summed E-state index contributed by atoms with van der Waals surface area (Å²) >= 11 is 0. The number of unbranched alkanes of at least 4 members (excludes halogenated alkanes) is 2. The highest BCUT2D eigenvalue weighted by Crippen LogP contribution is 2.06. The molecule has 0 spiro atoms. The van der Waals surface area contributed by atoms with E-state index in [4.69, 9.17) is 4.74 Å². The molecule has 0 saturated heterocycles. The van der Waals surface area contributed by atoms with Gasteiger partial charge >= 0.3 is 0 Å². The normalized spacial score (nSPS) is 12.5. The Kier molecular flexibility index (Phi) is 7.60. The molecule has 0 bridgehead atoms. The van der Waals surface area contributed by atoms with E-state index in [0.29, 0.717) is 12.8 Å². The summed E-state index contributed by atoms with van der Waals surface area (Å²) in [4.78, 5) is 11.3. The van der Waals surface area contributed by atoms with Gasteiger partial charge in [0.25, 0.3) is 0 Å². The molecule has 0 rings (SSSR count). The lowest BCUT2D eigenvalue weighted by Crippen LogP contribution is -2.13. The first kappa shape index (κ1) is 12.4. The number of hydrogen-bond donors (Lipinski definition) is 0. The lowest BCUT2D eigenvalue weighted by atomic mass is 10.1. The Morgan fingerprint density at radius 1 is 1.54 bits per heavy atom. The number of ether oxygens (including phenoxy) is 1. The third kappa shape index (κ3) is 6.52. The Hall–Kier alpha value is -0.630. The van der Waals surface area contributed by atoms with Gasteiger partial charge in [-0.25, -0.2) is 0 Å². The zero-order valence-electron chi connectivity index (χ0n) is 8.71. The number of hydrogen-bond acceptors (Lipinski definition) is 2. The number of carbonyl (C=O) groups excluding carboxylic acids is 1. The summed E-state index contributed by atoms with van der Waals surface area (Å²) in [5.74, 6) is 0.278. The highest BCUT2D eigenvalue weighted by Gasteiger charge is 2.08. The van der Waals surface area contributed by atoms with Crippen molar-refractivity contribution < 1.29 is 9.53 Å². The topological polar surface area (TPSA) is 26.3 Å². The molecule has 0 aromatic rings. The average molecular weight is 184 g/mol. The van der Waals surface area contributed by atoms with Crippen molar-refractivity contribution >= 4 is 5.78 Å². The molecule has 0 aliphatic heterocycles. The molecule has 1 atom stereocenters. The lowest BCUT2D eigenvalue weighted by Gasteiger charge is -2.08. The molecule has 0 aromatic carbocycles. The Balaban J connectivity index is 3.54. The number of ketones is 1. The second-order valence-electron chi connectivity index (χ2n) is 3.21. The predicted molar refractivity (Wildman–Crippen MR) is 54.8 cm³/mol. The summed E-state index contributed by atoms with van der Waals surface area (Å²) in [5.41, 5.74) is 0. The molecule has 0 heterocycles. The van der Waals surface area contributed by atoms with Crippen molar-refractivity contribution in [3.63, 3.8) is 0 Å². The maximum atomic E-state index is 11.3. The third-order valence-corrected chi connectivity index (χ3v) is 2.05. The van der Waals surface area contributed by atoms with Crippen molar-refractivity contribution in [2.75, 3.05) is 7.11 Å². The molecule has 0 amide bonds. The first-order valence-corrected chi connectivity index (χ1v) is 4.91. The van der Waals surface area contributed by atoms with E-state index in [1.54, 1.807) is 13.2 Å². The van der Waals surface area contributed by atoms with Gasteiger partial charge in [0.1, 0.15) is 5.78 Å². The maximum Gasteiger partial charge on any atom is 0.135 e. The molecule has 0 aliphatic carbocycles. The van der Waals surface area contributed by atoms with E-state index in [0.717, 1.165) is 19.3 Å². The van der Waals surface area contributed by atoms with E-state index < -0.39 is 0 Å². The fourth-order valence-corrected chi connectivity index (χ4v) is 1.16. The fourth-order valence-electron chi connectivity index (χ4n) is 1.16. The summed E-state index contributed by atoms with van der Waals surface area (Å²) in [6.45, 7) is 5.74. The first-order chi connectivity index (χ1) is 6.24. The second kappa shape index (κ2) is 7.99. The molecule has 0 aliphatic rings. The molecule has 0 aromatic heterocycles. The van der Waals surface area contributed by atoms with Gasteiger partial charge in [-0.1, -0.05) is 25.8 Å². The third-order valence-electron chi connectivity index (χ3n) is 2.05. The van der Waals surface area contributed by atoms with Crippen LogP contribution in [0.5, 0.6) is 0 Å². The zero-order valence-corrected chi connectivity index (χ0v) is 8.71. The molecule has 13 heavy (non-hydrogen) atoms. The Labute approximate surface area is 81.0 Å². The molecule has 2 nitrogen and oxygen atoms in total. The standard InChI is InChI=1S/C11H20O2/c1-4-6-7-8-10(12)9-11(5-2)13-3/h5,11H,2,4,6-9H2,1,3H3. The summed E-state index contributed by atoms with van der Waals surface area (Å²) in [6, 6.07) is 0. The van der Waals surface area contributed by atoms with Gasteiger partial charge in [-0.05, 0) is 6.42 Å². The van der Waals surface area contributed by atoms with Crippen molar-refractivity contribution in [3.8, 4) is 0 Å². The summed E-state index contributed by atoms with van der Waals surface area (Å²) in [6.07, 6.45) is 6.03. The van der Waals surface area contributed by atoms with Gasteiger partial charge in [0, 0.05) is 20.0 Å². The quantitative estimate of drug-likeness (QED) is 0.428. The van der Waals surface area contributed by atoms with Crippen LogP contribution >= 0.6 is 0 Å². The molecule has 0 radical (unpaired) electrons. The van der Waals surface area contributed by atoms with Crippen LogP contribution in [0.4, 0.5) is 0 Å². The summed E-state index contributed by atoms with van der Waals surface area (Å²) in [5, 5.41) is 0. The van der Waals surface area contributed by atoms with Gasteiger partial charge in [-0.2, -0.15) is 0 Å². The van der Waals surface area contributed by atoms with E-state index >= 15 is 0 Å². The van der Waals surface area contributed by atoms with Crippen LogP contribution < -0.4 is 0 Å². The van der Waals surface area contributed by atoms with E-state index in [1.165, 1.54) is 0 Å². The van der Waals surface area contributed by atoms with Crippen LogP contribution in [0.15, 0.2) is 12.7 Å². The van der Waals surface area contributed by atoms with Crippen LogP contribution in [0.2, 0.25) is 0 Å². The number of carbonyl (C=O) groups is 1. The van der Waals surface area contributed by atoms with Crippen LogP contribution in [0.3, 0.4) is 0 Å². The van der Waals surface area contributed by atoms with Crippen molar-refractivity contribution in [2.24, 2.45) is 0 Å². The monoisotopic (exact) mass is 184 g/mol. The Morgan fingerprint density at radius 3 is 2.69 bits per heavy atom. The van der Waals surface area contributed by atoms with Crippen LogP contribution in [-0.4, -0.2) is 19.0 Å². The van der Waals surface area contributed by atoms with Gasteiger partial charge in [0.2, 0.25) is 0 Å². The molecule has 1 unspecified atom stereocenters. The van der Waals surface area contributed by atoms with E-state index in [1.807, 2.05) is 0 Å². The van der Waals surface area contributed by atoms with Gasteiger partial charge < -0.3 is 4.74 Å². The minimum absolute atomic E-state index is 0.103. The van der Waals surface area contributed by atoms with Gasteiger partial charge in [0.05, 0.1) is 6.10 Å². The van der Waals surface area contributed by atoms with Crippen molar-refractivity contribution in [2.45, 2.75) is 45.1 Å². The number of rotatable bonds is 8. The number of methoxy groups -OCH3 is 1. The zero-order chi connectivity index (χ0) is 10.1. The molecule has 0 fully saturated rings. The smallest absolute Gasteiger partial charge is 0.135 e. The minimum Gasteiger partial charge on any atom is -0.377 e. The molecule has 0 saturated carbocycles. The van der Waals surface area contributed by atoms with Crippen LogP contribution in [-0.2, 0) is 9.53 Å². The number of Topliss-reactive ketones (excluding diaryl/α,β-unsaturated/α-hetero) is 1. The van der Waals surface area contributed by atoms with E-state index in [-0.39, 0.29) is 11.9 Å². The molecule has 76 valence electrons. The molecular formula is C11H20O2. The van der Waals surface area contributed by atoms with Crippen molar-refractivity contribution in [3.05, 3.63) is 12.7 Å². The molecule has 2 heteroatoms. The van der Waals surface area contributed by atoms with Gasteiger partial charge in [-0.15, -0.1) is 6.58 Å². The van der Waals surface area contributed by atoms with Crippen LogP contribution in [0, 0.1) is 0 Å². The molecular weight excluding hydrogens is 164 g/mol. The van der Waals surface area contributed by atoms with Gasteiger partial charge in [-0.3, -0.25) is 4.79 Å². The summed E-state index contributed by atoms with van der Waals surface area (Å²) in [7, 11) is 1.60. The highest BCUT2D eigenvalue weighted by molar-refractivity contribution is 5.79. The maximum absolute atomic E-state index is 11.3. The van der Waals surface area contributed by atoms with E-state index in [2.05, 4.69) is 13.5 Å². The SMILES string of the molecule is C=CC(CC(=O)CCCCC)OC. The van der Waals surface area contributed by atoms with Crippen LogP contribution in [0.25, 0.3) is 0 Å². The molecule has 0 N–H and O–H groups in total. The van der Waals surface area contributed by atoms with E-state index in [9.17, 15) is 4.79 Å². The highest BCUT2D eigenvalue weighted by atomic mass is 16.5. The second-order valence-corrected chi connectivity index (χ2v) is 3.21. The fraction of sp³-hybridized carbons (Fsp3) is 0.727. The first-order valence-electron chi connectivity index (χ1n) is 4.91. The van der Waals surface area contributed by atoms with Crippen LogP contribution in [0.1, 0.15) is 39.0 Å². The van der Waals surface area contributed by atoms with Crippen molar-refractivity contribution in [1.29, 1.82) is 0 Å². The Morgan fingerprint density at radius 2 is 2.23 bits per heavy atom. The Bertz CT molecular complexity index is 152. The van der Waals surface area contributed by atoms with Gasteiger partial charge in [0.15, 0.2) is 0 Å². The largest absolute Gasteiger partial charge is 0.377 e. The van der Waals surface area contributed by atoms with Crippen molar-refractivity contribution in [1.82, 2.24) is 0 Å². The summed E-state index contributed by atoms with van der Waals surface area (Å²) < 4.78 is 5.04. The minimum atomic E-state index is -0.103. The predicted octanol–water partition coefficient (Wildman–Crippen LogP) is 2.73. The average Bonchev–Trinajstić information content (AvgIpc) is 2.14. The lowest BCUT2D eigenvalue weighted by molar-refractivity contribution is -0.120.